The molecule has 0 saturated carbocycles. The number of hydrogen-bond acceptors (Lipinski definition) is 8. The molecule has 0 radical (unpaired) electrons. The van der Waals surface area contributed by atoms with Crippen LogP contribution in [0.3, 0.4) is 0 Å². The smallest absolute Gasteiger partial charge is 0.270 e. The number of benzene rings is 2. The number of hydrogen-bond donors (Lipinski definition) is 0. The summed E-state index contributed by atoms with van der Waals surface area (Å²) in [5.74, 6) is 1.81. The highest BCUT2D eigenvalue weighted by atomic mass is 32.2. The van der Waals surface area contributed by atoms with Gasteiger partial charge in [0.25, 0.3) is 5.69 Å². The van der Waals surface area contributed by atoms with Crippen LogP contribution in [0.4, 0.5) is 5.69 Å². The van der Waals surface area contributed by atoms with Crippen molar-refractivity contribution in [3.8, 4) is 11.5 Å². The van der Waals surface area contributed by atoms with Crippen molar-refractivity contribution in [1.29, 1.82) is 0 Å². The normalized spacial score (nSPS) is 13.2. The third kappa shape index (κ3) is 3.43. The van der Waals surface area contributed by atoms with Gasteiger partial charge in [-0.25, -0.2) is 0 Å². The van der Waals surface area contributed by atoms with Crippen LogP contribution in [0.5, 0.6) is 11.5 Å². The maximum atomic E-state index is 11.4. The van der Waals surface area contributed by atoms with Crippen LogP contribution in [0, 0.1) is 17.0 Å². The summed E-state index contributed by atoms with van der Waals surface area (Å²) in [7, 11) is 1.63. The molecular formula is C21H18N4O5S. The summed E-state index contributed by atoms with van der Waals surface area (Å²) in [5.41, 5.74) is 4.17. The maximum absolute atomic E-state index is 11.4. The molecule has 31 heavy (non-hydrogen) atoms. The predicted octanol–water partition coefficient (Wildman–Crippen LogP) is 4.27. The fraction of sp³-hybridized carbons (Fsp3) is 0.238. The van der Waals surface area contributed by atoms with Gasteiger partial charge in [0.2, 0.25) is 0 Å². The predicted molar refractivity (Wildman–Crippen MR) is 115 cm³/mol. The van der Waals surface area contributed by atoms with Gasteiger partial charge in [-0.2, -0.15) is 0 Å². The molecule has 3 heterocycles. The van der Waals surface area contributed by atoms with E-state index in [1.165, 1.54) is 17.8 Å². The van der Waals surface area contributed by atoms with Crippen molar-refractivity contribution >= 4 is 34.0 Å². The van der Waals surface area contributed by atoms with Gasteiger partial charge >= 0.3 is 0 Å². The number of rotatable bonds is 5. The minimum atomic E-state index is -0.405. The zero-order valence-electron chi connectivity index (χ0n) is 16.8. The number of nitro groups is 1. The van der Waals surface area contributed by atoms with Gasteiger partial charge in [-0.3, -0.25) is 14.5 Å². The summed E-state index contributed by atoms with van der Waals surface area (Å²) in [6.07, 6.45) is 0. The fourth-order valence-corrected chi connectivity index (χ4v) is 4.68. The Hall–Kier alpha value is -3.37. The standard InChI is InChI=1S/C21H18N4O5S/c1-12-5-19-22-23-21(24(19)18-8-16(28-2)3-4-17(12)18)31-10-14-7-15(25(26)27)6-13-9-29-11-30-20(13)14/h3-8H,9-11H2,1-2H3. The molecule has 2 aromatic heterocycles. The lowest BCUT2D eigenvalue weighted by atomic mass is 10.1. The van der Waals surface area contributed by atoms with Crippen LogP contribution in [0.25, 0.3) is 16.6 Å². The van der Waals surface area contributed by atoms with Gasteiger partial charge in [0.05, 0.1) is 24.2 Å². The number of non-ortho nitro benzene ring substituents is 1. The lowest BCUT2D eigenvalue weighted by Crippen LogP contribution is -2.13. The van der Waals surface area contributed by atoms with E-state index < -0.39 is 4.92 Å². The number of fused-ring (bicyclic) bond motifs is 4. The van der Waals surface area contributed by atoms with E-state index in [4.69, 9.17) is 14.2 Å². The van der Waals surface area contributed by atoms with Gasteiger partial charge in [-0.15, -0.1) is 10.2 Å². The Morgan fingerprint density at radius 3 is 2.94 bits per heavy atom. The average molecular weight is 438 g/mol. The van der Waals surface area contributed by atoms with Crippen LogP contribution < -0.4 is 9.47 Å². The van der Waals surface area contributed by atoms with Crippen LogP contribution in [0.1, 0.15) is 16.7 Å². The van der Waals surface area contributed by atoms with Gasteiger partial charge in [0, 0.05) is 40.5 Å². The van der Waals surface area contributed by atoms with Crippen LogP contribution in [0.15, 0.2) is 41.6 Å². The molecule has 0 atom stereocenters. The second-order valence-corrected chi connectivity index (χ2v) is 8.08. The van der Waals surface area contributed by atoms with Crippen LogP contribution >= 0.6 is 11.8 Å². The summed E-state index contributed by atoms with van der Waals surface area (Å²) in [4.78, 5) is 11.0. The first-order valence-electron chi connectivity index (χ1n) is 9.51. The first-order valence-corrected chi connectivity index (χ1v) is 10.5. The maximum Gasteiger partial charge on any atom is 0.270 e. The monoisotopic (exact) mass is 438 g/mol. The molecule has 0 spiro atoms. The Kier molecular flexibility index (Phi) is 4.87. The Balaban J connectivity index is 1.57. The lowest BCUT2D eigenvalue weighted by molar-refractivity contribution is -0.385. The van der Waals surface area contributed by atoms with Crippen molar-refractivity contribution in [2.75, 3.05) is 13.9 Å². The molecule has 0 amide bonds. The highest BCUT2D eigenvalue weighted by Gasteiger charge is 2.22. The number of thioether (sulfide) groups is 1. The Bertz CT molecular complexity index is 1340. The second kappa shape index (κ2) is 7.71. The van der Waals surface area contributed by atoms with E-state index in [1.54, 1.807) is 13.2 Å². The van der Waals surface area contributed by atoms with Crippen LogP contribution in [0.2, 0.25) is 0 Å². The van der Waals surface area contributed by atoms with E-state index in [2.05, 4.69) is 10.2 Å². The SMILES string of the molecule is COc1ccc2c(C)cc3nnc(SCc4cc([N+](=O)[O-])cc5c4OCOC5)n3c2c1. The molecule has 158 valence electrons. The Morgan fingerprint density at radius 1 is 1.26 bits per heavy atom. The molecule has 0 fully saturated rings. The molecule has 4 aromatic rings. The number of aryl methyl sites for hydroxylation is 1. The number of nitro benzene ring substituents is 1. The molecule has 0 aliphatic carbocycles. The molecule has 0 N–H and O–H groups in total. The number of aromatic nitrogens is 3. The van der Waals surface area contributed by atoms with Gasteiger partial charge < -0.3 is 14.2 Å². The summed E-state index contributed by atoms with van der Waals surface area (Å²) >= 11 is 1.44. The van der Waals surface area contributed by atoms with Gasteiger partial charge in [-0.05, 0) is 30.7 Å². The average Bonchev–Trinajstić information content (AvgIpc) is 3.19. The van der Waals surface area contributed by atoms with E-state index >= 15 is 0 Å². The quantitative estimate of drug-likeness (QED) is 0.259. The highest BCUT2D eigenvalue weighted by molar-refractivity contribution is 7.98. The Morgan fingerprint density at radius 2 is 2.13 bits per heavy atom. The van der Waals surface area contributed by atoms with Crippen molar-refractivity contribution < 1.29 is 19.1 Å². The summed E-state index contributed by atoms with van der Waals surface area (Å²) in [6.45, 7) is 2.44. The zero-order chi connectivity index (χ0) is 21.5. The number of ether oxygens (including phenoxy) is 3. The number of methoxy groups -OCH3 is 1. The van der Waals surface area contributed by atoms with Crippen molar-refractivity contribution in [2.24, 2.45) is 0 Å². The molecule has 0 saturated heterocycles. The molecule has 5 rings (SSSR count). The van der Waals surface area contributed by atoms with E-state index in [0.29, 0.717) is 22.2 Å². The van der Waals surface area contributed by atoms with Gasteiger partial charge in [-0.1, -0.05) is 11.8 Å². The summed E-state index contributed by atoms with van der Waals surface area (Å²) < 4.78 is 18.3. The largest absolute Gasteiger partial charge is 0.497 e. The minimum absolute atomic E-state index is 0.0142. The number of pyridine rings is 1. The molecule has 0 unspecified atom stereocenters. The molecule has 1 aliphatic heterocycles. The molecule has 2 aromatic carbocycles. The minimum Gasteiger partial charge on any atom is -0.497 e. The third-order valence-electron chi connectivity index (χ3n) is 5.21. The van der Waals surface area contributed by atoms with Crippen molar-refractivity contribution in [1.82, 2.24) is 14.6 Å². The van der Waals surface area contributed by atoms with E-state index in [0.717, 1.165) is 33.4 Å². The first-order chi connectivity index (χ1) is 15.0. The van der Waals surface area contributed by atoms with E-state index in [9.17, 15) is 10.1 Å². The van der Waals surface area contributed by atoms with Gasteiger partial charge in [0.15, 0.2) is 17.6 Å². The summed E-state index contributed by atoms with van der Waals surface area (Å²) in [6, 6.07) is 10.9. The molecule has 9 nitrogen and oxygen atoms in total. The molecule has 10 heteroatoms. The topological polar surface area (TPSA) is 101 Å². The third-order valence-corrected chi connectivity index (χ3v) is 6.19. The molecule has 1 aliphatic rings. The zero-order valence-corrected chi connectivity index (χ0v) is 17.6. The number of nitrogens with zero attached hydrogens (tertiary/aromatic N) is 4. The van der Waals surface area contributed by atoms with Crippen LogP contribution in [-0.4, -0.2) is 33.4 Å². The van der Waals surface area contributed by atoms with Crippen molar-refractivity contribution in [3.05, 3.63) is 63.2 Å². The van der Waals surface area contributed by atoms with Gasteiger partial charge in [0.1, 0.15) is 11.5 Å². The molecule has 0 bridgehead atoms. The lowest BCUT2D eigenvalue weighted by Gasteiger charge is -2.20. The van der Waals surface area contributed by atoms with E-state index in [-0.39, 0.29) is 19.1 Å². The van der Waals surface area contributed by atoms with Crippen molar-refractivity contribution in [3.63, 3.8) is 0 Å². The summed E-state index contributed by atoms with van der Waals surface area (Å²) in [5, 5.41) is 21.8. The first kappa shape index (κ1) is 19.6. The fourth-order valence-electron chi connectivity index (χ4n) is 3.76. The second-order valence-electron chi connectivity index (χ2n) is 7.14. The van der Waals surface area contributed by atoms with E-state index in [1.807, 2.05) is 35.6 Å². The van der Waals surface area contributed by atoms with Crippen LogP contribution in [-0.2, 0) is 17.1 Å². The van der Waals surface area contributed by atoms with Crippen molar-refractivity contribution in [2.45, 2.75) is 24.4 Å². The Labute approximate surface area is 181 Å². The molecular weight excluding hydrogens is 420 g/mol. The highest BCUT2D eigenvalue weighted by Crippen LogP contribution is 2.37.